The minimum Gasteiger partial charge on any atom is -0.479 e. The summed E-state index contributed by atoms with van der Waals surface area (Å²) >= 11 is 0. The van der Waals surface area contributed by atoms with E-state index in [0.29, 0.717) is 0 Å². The number of carboxylic acid groups (broad SMARTS) is 1. The van der Waals surface area contributed by atoms with Gasteiger partial charge in [-0.05, 0) is 13.8 Å². The molecule has 0 rings (SSSR count). The standard InChI is InChI=1S/C6H12O4.B/c1-4(7)3-6(2,10)5(8)9;/h4,7,10H,3H2,1-2H3,(H,8,9);. The van der Waals surface area contributed by atoms with Crippen molar-refractivity contribution in [3.05, 3.63) is 0 Å². The molecule has 2 unspecified atom stereocenters. The van der Waals surface area contributed by atoms with Crippen molar-refractivity contribution in [3.8, 4) is 0 Å². The van der Waals surface area contributed by atoms with Crippen LogP contribution in [0.25, 0.3) is 0 Å². The summed E-state index contributed by atoms with van der Waals surface area (Å²) in [7, 11) is 0. The number of hydrogen-bond donors (Lipinski definition) is 3. The Morgan fingerprint density at radius 2 is 2.00 bits per heavy atom. The molecular formula is C6H12BO4. The fourth-order valence-electron chi connectivity index (χ4n) is 0.663. The van der Waals surface area contributed by atoms with Gasteiger partial charge < -0.3 is 15.3 Å². The Bertz CT molecular complexity index is 133. The summed E-state index contributed by atoms with van der Waals surface area (Å²) < 4.78 is 0. The molecule has 4 nitrogen and oxygen atoms in total. The number of rotatable bonds is 3. The van der Waals surface area contributed by atoms with Crippen LogP contribution in [0.1, 0.15) is 20.3 Å². The predicted octanol–water partition coefficient (Wildman–Crippen LogP) is -0.788. The van der Waals surface area contributed by atoms with Crippen LogP contribution < -0.4 is 0 Å². The molecule has 0 aliphatic rings. The molecule has 5 heteroatoms. The third kappa shape index (κ3) is 4.81. The van der Waals surface area contributed by atoms with Crippen molar-refractivity contribution in [2.24, 2.45) is 0 Å². The quantitative estimate of drug-likeness (QED) is 0.471. The molecule has 0 spiro atoms. The van der Waals surface area contributed by atoms with Gasteiger partial charge >= 0.3 is 5.97 Å². The minimum absolute atomic E-state index is 0. The second-order valence-corrected chi connectivity index (χ2v) is 2.63. The van der Waals surface area contributed by atoms with E-state index >= 15 is 0 Å². The van der Waals surface area contributed by atoms with Gasteiger partial charge in [-0.3, -0.25) is 0 Å². The molecule has 0 aromatic carbocycles. The molecule has 11 heavy (non-hydrogen) atoms. The summed E-state index contributed by atoms with van der Waals surface area (Å²) in [4.78, 5) is 10.2. The Kier molecular flexibility index (Phi) is 5.18. The fourth-order valence-corrected chi connectivity index (χ4v) is 0.663. The van der Waals surface area contributed by atoms with Crippen molar-refractivity contribution in [1.29, 1.82) is 0 Å². The van der Waals surface area contributed by atoms with Crippen molar-refractivity contribution in [3.63, 3.8) is 0 Å². The SMILES string of the molecule is CC(O)CC(C)(O)C(=O)O.[B]. The average molecular weight is 159 g/mol. The molecule has 0 bridgehead atoms. The first-order chi connectivity index (χ1) is 4.36. The van der Waals surface area contributed by atoms with Crippen LogP contribution in [-0.4, -0.2) is 41.4 Å². The first-order valence-corrected chi connectivity index (χ1v) is 3.00. The van der Waals surface area contributed by atoms with Gasteiger partial charge in [0.25, 0.3) is 0 Å². The van der Waals surface area contributed by atoms with E-state index in [0.717, 1.165) is 6.92 Å². The first-order valence-electron chi connectivity index (χ1n) is 3.00. The Hall–Kier alpha value is -0.545. The van der Waals surface area contributed by atoms with Crippen LogP contribution >= 0.6 is 0 Å². The first kappa shape index (κ1) is 13.1. The Balaban J connectivity index is 0. The van der Waals surface area contributed by atoms with Gasteiger partial charge in [-0.25, -0.2) is 4.79 Å². The van der Waals surface area contributed by atoms with Crippen molar-refractivity contribution >= 4 is 14.4 Å². The molecule has 3 radical (unpaired) electrons. The molecule has 63 valence electrons. The Morgan fingerprint density at radius 1 is 1.64 bits per heavy atom. The van der Waals surface area contributed by atoms with Crippen molar-refractivity contribution in [1.82, 2.24) is 0 Å². The van der Waals surface area contributed by atoms with E-state index in [-0.39, 0.29) is 14.8 Å². The van der Waals surface area contributed by atoms with Gasteiger partial charge in [-0.2, -0.15) is 0 Å². The van der Waals surface area contributed by atoms with Gasteiger partial charge in [-0.1, -0.05) is 0 Å². The third-order valence-electron chi connectivity index (χ3n) is 1.15. The second kappa shape index (κ2) is 4.36. The van der Waals surface area contributed by atoms with E-state index in [9.17, 15) is 4.79 Å². The summed E-state index contributed by atoms with van der Waals surface area (Å²) in [5.41, 5.74) is -1.81. The minimum atomic E-state index is -1.81. The highest BCUT2D eigenvalue weighted by Gasteiger charge is 2.30. The fraction of sp³-hybridized carbons (Fsp3) is 0.833. The van der Waals surface area contributed by atoms with Crippen molar-refractivity contribution < 1.29 is 20.1 Å². The van der Waals surface area contributed by atoms with Crippen LogP contribution in [-0.2, 0) is 4.79 Å². The maximum atomic E-state index is 10.2. The molecule has 0 aliphatic carbocycles. The topological polar surface area (TPSA) is 77.8 Å². The molecule has 0 aromatic rings. The molecule has 0 amide bonds. The smallest absolute Gasteiger partial charge is 0.335 e. The molecular weight excluding hydrogens is 147 g/mol. The average Bonchev–Trinajstić information content (AvgIpc) is 1.60. The Morgan fingerprint density at radius 3 is 2.09 bits per heavy atom. The largest absolute Gasteiger partial charge is 0.479 e. The lowest BCUT2D eigenvalue weighted by Crippen LogP contribution is -2.37. The lowest BCUT2D eigenvalue weighted by molar-refractivity contribution is -0.159. The number of aliphatic hydroxyl groups excluding tert-OH is 1. The second-order valence-electron chi connectivity index (χ2n) is 2.63. The van der Waals surface area contributed by atoms with Crippen LogP contribution in [0, 0.1) is 0 Å². The molecule has 0 fully saturated rings. The highest BCUT2D eigenvalue weighted by Crippen LogP contribution is 2.11. The molecule has 3 N–H and O–H groups in total. The molecule has 0 aliphatic heterocycles. The van der Waals surface area contributed by atoms with Gasteiger partial charge in [0, 0.05) is 14.8 Å². The molecule has 2 atom stereocenters. The normalized spacial score (nSPS) is 17.8. The molecule has 0 saturated heterocycles. The van der Waals surface area contributed by atoms with E-state index in [2.05, 4.69) is 0 Å². The lowest BCUT2D eigenvalue weighted by atomic mass is 10.00. The van der Waals surface area contributed by atoms with Gasteiger partial charge in [0.15, 0.2) is 5.60 Å². The van der Waals surface area contributed by atoms with Crippen LogP contribution in [0.3, 0.4) is 0 Å². The van der Waals surface area contributed by atoms with Crippen LogP contribution in [0.4, 0.5) is 0 Å². The summed E-state index contributed by atoms with van der Waals surface area (Å²) in [5.74, 6) is -1.31. The predicted molar refractivity (Wildman–Crippen MR) is 40.3 cm³/mol. The monoisotopic (exact) mass is 159 g/mol. The number of carbonyl (C=O) groups is 1. The summed E-state index contributed by atoms with van der Waals surface area (Å²) in [6, 6.07) is 0. The van der Waals surface area contributed by atoms with E-state index in [1.807, 2.05) is 0 Å². The maximum absolute atomic E-state index is 10.2. The summed E-state index contributed by atoms with van der Waals surface area (Å²) in [5, 5.41) is 26.0. The van der Waals surface area contributed by atoms with Crippen LogP contribution in [0.5, 0.6) is 0 Å². The van der Waals surface area contributed by atoms with Gasteiger partial charge in [0.2, 0.25) is 0 Å². The van der Waals surface area contributed by atoms with E-state index in [1.165, 1.54) is 6.92 Å². The molecule has 0 saturated carbocycles. The zero-order valence-electron chi connectivity index (χ0n) is 6.61. The van der Waals surface area contributed by atoms with E-state index in [4.69, 9.17) is 15.3 Å². The summed E-state index contributed by atoms with van der Waals surface area (Å²) in [6.45, 7) is 2.58. The van der Waals surface area contributed by atoms with Gasteiger partial charge in [-0.15, -0.1) is 0 Å². The van der Waals surface area contributed by atoms with Crippen molar-refractivity contribution in [2.75, 3.05) is 0 Å². The highest BCUT2D eigenvalue weighted by atomic mass is 16.4. The number of hydrogen-bond acceptors (Lipinski definition) is 3. The van der Waals surface area contributed by atoms with Crippen LogP contribution in [0.2, 0.25) is 0 Å². The maximum Gasteiger partial charge on any atom is 0.335 e. The van der Waals surface area contributed by atoms with Crippen molar-refractivity contribution in [2.45, 2.75) is 32.0 Å². The molecule has 0 heterocycles. The molecule has 0 aromatic heterocycles. The number of aliphatic hydroxyl groups is 2. The van der Waals surface area contributed by atoms with E-state index in [1.54, 1.807) is 0 Å². The van der Waals surface area contributed by atoms with Gasteiger partial charge in [0.05, 0.1) is 6.10 Å². The number of aliphatic carboxylic acids is 1. The van der Waals surface area contributed by atoms with Crippen LogP contribution in [0.15, 0.2) is 0 Å². The zero-order valence-corrected chi connectivity index (χ0v) is 6.61. The van der Waals surface area contributed by atoms with Gasteiger partial charge in [0.1, 0.15) is 0 Å². The highest BCUT2D eigenvalue weighted by molar-refractivity contribution is 5.76. The lowest BCUT2D eigenvalue weighted by Gasteiger charge is -2.18. The number of carboxylic acids is 1. The third-order valence-corrected chi connectivity index (χ3v) is 1.15. The van der Waals surface area contributed by atoms with E-state index < -0.39 is 17.7 Å². The Labute approximate surface area is 67.4 Å². The zero-order chi connectivity index (χ0) is 8.36. The summed E-state index contributed by atoms with van der Waals surface area (Å²) in [6.07, 6.45) is -0.950.